The van der Waals surface area contributed by atoms with Gasteiger partial charge in [0.1, 0.15) is 0 Å². The van der Waals surface area contributed by atoms with Crippen LogP contribution in [0.15, 0.2) is 223 Å². The molecule has 9 aromatic rings. The van der Waals surface area contributed by atoms with Crippen LogP contribution in [0.5, 0.6) is 0 Å². The molecule has 0 saturated heterocycles. The van der Waals surface area contributed by atoms with Crippen molar-refractivity contribution in [3.05, 3.63) is 252 Å². The molecule has 0 radical (unpaired) electrons. The minimum atomic E-state index is -0.201. The van der Waals surface area contributed by atoms with Crippen LogP contribution in [-0.2, 0) is 10.8 Å². The first kappa shape index (κ1) is 39.1. The van der Waals surface area contributed by atoms with E-state index in [4.69, 9.17) is 5.10 Å². The van der Waals surface area contributed by atoms with Crippen molar-refractivity contribution in [3.63, 3.8) is 0 Å². The lowest BCUT2D eigenvalue weighted by Crippen LogP contribution is -2.16. The topological polar surface area (TPSA) is 27.6 Å². The number of nitrogens with one attached hydrogen (secondary N) is 1. The Bertz CT molecular complexity index is 3160. The molecule has 1 N–H and O–H groups in total. The molecule has 0 unspecified atom stereocenters. The third-order valence-electron chi connectivity index (χ3n) is 13.6. The van der Waals surface area contributed by atoms with Crippen LogP contribution in [0.3, 0.4) is 0 Å². The van der Waals surface area contributed by atoms with Crippen LogP contribution in [0.2, 0.25) is 0 Å². The van der Waals surface area contributed by atoms with Gasteiger partial charge in [0, 0.05) is 39.0 Å². The molecular formula is C61H49N3. The molecule has 308 valence electrons. The summed E-state index contributed by atoms with van der Waals surface area (Å²) in [5.41, 5.74) is 25.9. The molecule has 0 heterocycles. The van der Waals surface area contributed by atoms with Crippen molar-refractivity contribution in [2.45, 2.75) is 38.5 Å². The molecule has 9 aromatic carbocycles. The van der Waals surface area contributed by atoms with Crippen molar-refractivity contribution in [1.82, 2.24) is 0 Å². The van der Waals surface area contributed by atoms with E-state index in [-0.39, 0.29) is 10.8 Å². The molecule has 0 bridgehead atoms. The summed E-state index contributed by atoms with van der Waals surface area (Å²) in [4.78, 5) is 2.40. The Hall–Kier alpha value is -7.75. The van der Waals surface area contributed by atoms with E-state index in [1.807, 2.05) is 12.1 Å². The first-order chi connectivity index (χ1) is 31.2. The average Bonchev–Trinajstić information content (AvgIpc) is 3.71. The van der Waals surface area contributed by atoms with Gasteiger partial charge in [0.05, 0.1) is 11.4 Å². The van der Waals surface area contributed by atoms with Gasteiger partial charge >= 0.3 is 0 Å². The maximum absolute atomic E-state index is 4.98. The quantitative estimate of drug-likeness (QED) is 0.116. The van der Waals surface area contributed by atoms with Gasteiger partial charge in [-0.2, -0.15) is 5.10 Å². The largest absolute Gasteiger partial charge is 0.310 e. The van der Waals surface area contributed by atoms with E-state index < -0.39 is 0 Å². The molecule has 11 rings (SSSR count). The minimum Gasteiger partial charge on any atom is -0.310 e. The third kappa shape index (κ3) is 6.72. The van der Waals surface area contributed by atoms with E-state index in [0.29, 0.717) is 0 Å². The van der Waals surface area contributed by atoms with Crippen LogP contribution >= 0.6 is 0 Å². The van der Waals surface area contributed by atoms with Crippen molar-refractivity contribution in [1.29, 1.82) is 0 Å². The van der Waals surface area contributed by atoms with Gasteiger partial charge in [-0.1, -0.05) is 191 Å². The molecule has 0 aliphatic heterocycles. The van der Waals surface area contributed by atoms with E-state index in [0.717, 1.165) is 39.6 Å². The highest BCUT2D eigenvalue weighted by Crippen LogP contribution is 2.52. The molecule has 0 saturated carbocycles. The van der Waals surface area contributed by atoms with Crippen molar-refractivity contribution < 1.29 is 0 Å². The van der Waals surface area contributed by atoms with Gasteiger partial charge in [-0.05, 0) is 121 Å². The van der Waals surface area contributed by atoms with Gasteiger partial charge < -0.3 is 4.90 Å². The van der Waals surface area contributed by atoms with Crippen LogP contribution in [-0.4, -0.2) is 5.71 Å². The average molecular weight is 824 g/mol. The molecule has 64 heavy (non-hydrogen) atoms. The second-order valence-corrected chi connectivity index (χ2v) is 18.1. The highest BCUT2D eigenvalue weighted by atomic mass is 15.3. The number of rotatable bonds is 9. The van der Waals surface area contributed by atoms with Crippen molar-refractivity contribution in [2.24, 2.45) is 5.10 Å². The zero-order valence-electron chi connectivity index (χ0n) is 36.7. The lowest BCUT2D eigenvalue weighted by Gasteiger charge is -2.28. The molecule has 2 aliphatic carbocycles. The molecule has 3 nitrogen and oxygen atoms in total. The SMILES string of the molecule is CC1(C)c2cc(NN=C(c3ccccc3)c3ccccc3)ccc2-c2ccc(-c3ccc(N(c4ccc(-c5ccccc5)cc4)c4ccc5c(c4)C(C)(C)c4ccccc4-5)cc3)cc21. The lowest BCUT2D eigenvalue weighted by atomic mass is 9.81. The minimum absolute atomic E-state index is 0.101. The zero-order valence-corrected chi connectivity index (χ0v) is 36.7. The Morgan fingerprint density at radius 1 is 0.359 bits per heavy atom. The Kier molecular flexibility index (Phi) is 9.51. The van der Waals surface area contributed by atoms with E-state index >= 15 is 0 Å². The number of hydrogen-bond donors (Lipinski definition) is 1. The maximum Gasteiger partial charge on any atom is 0.0977 e. The van der Waals surface area contributed by atoms with Crippen LogP contribution in [0, 0.1) is 0 Å². The maximum atomic E-state index is 4.98. The fourth-order valence-electron chi connectivity index (χ4n) is 10.1. The highest BCUT2D eigenvalue weighted by molar-refractivity contribution is 6.13. The van der Waals surface area contributed by atoms with Crippen LogP contribution < -0.4 is 10.3 Å². The molecule has 0 aromatic heterocycles. The summed E-state index contributed by atoms with van der Waals surface area (Å²) in [6.07, 6.45) is 0. The van der Waals surface area contributed by atoms with Gasteiger partial charge in [0.15, 0.2) is 0 Å². The smallest absolute Gasteiger partial charge is 0.0977 e. The second kappa shape index (κ2) is 15.6. The third-order valence-corrected chi connectivity index (χ3v) is 13.6. The fraction of sp³-hybridized carbons (Fsp3) is 0.0984. The molecule has 3 heteroatoms. The van der Waals surface area contributed by atoms with E-state index in [1.165, 1.54) is 66.8 Å². The van der Waals surface area contributed by atoms with Gasteiger partial charge in [-0.15, -0.1) is 0 Å². The Balaban J connectivity index is 0.912. The van der Waals surface area contributed by atoms with Gasteiger partial charge in [0.25, 0.3) is 0 Å². The van der Waals surface area contributed by atoms with Crippen molar-refractivity contribution in [2.75, 3.05) is 10.3 Å². The summed E-state index contributed by atoms with van der Waals surface area (Å²) in [5, 5.41) is 4.98. The summed E-state index contributed by atoms with van der Waals surface area (Å²) in [6, 6.07) is 79.0. The van der Waals surface area contributed by atoms with Crippen LogP contribution in [0.1, 0.15) is 61.1 Å². The first-order valence-corrected chi connectivity index (χ1v) is 22.3. The summed E-state index contributed by atoms with van der Waals surface area (Å²) < 4.78 is 0. The van der Waals surface area contributed by atoms with Crippen LogP contribution in [0.25, 0.3) is 44.5 Å². The number of hydrazone groups is 1. The van der Waals surface area contributed by atoms with E-state index in [1.54, 1.807) is 0 Å². The molecule has 2 aliphatic rings. The number of fused-ring (bicyclic) bond motifs is 6. The monoisotopic (exact) mass is 823 g/mol. The Labute approximate surface area is 377 Å². The fourth-order valence-corrected chi connectivity index (χ4v) is 10.1. The zero-order chi connectivity index (χ0) is 43.4. The van der Waals surface area contributed by atoms with Gasteiger partial charge in [-0.3, -0.25) is 5.43 Å². The number of nitrogens with zero attached hydrogens (tertiary/aromatic N) is 2. The van der Waals surface area contributed by atoms with Crippen molar-refractivity contribution >= 4 is 28.5 Å². The molecule has 0 spiro atoms. The molecule has 0 fully saturated rings. The number of benzene rings is 9. The first-order valence-electron chi connectivity index (χ1n) is 22.3. The van der Waals surface area contributed by atoms with Crippen LogP contribution in [0.4, 0.5) is 22.7 Å². The standard InChI is InChI=1S/C61H49N3/c1-60(2)55-23-15-14-22-51(55)54-37-34-50(40-58(54)60)64(48-30-24-42(25-31-48)41-16-8-5-9-17-41)49-32-26-43(27-33-49)46-28-35-52-53-36-29-47(39-57(53)61(3,4)56(52)38-46)62-63-59(44-18-10-6-11-19-44)45-20-12-7-13-21-45/h5-40,62H,1-4H3. The molecule has 0 atom stereocenters. The second-order valence-electron chi connectivity index (χ2n) is 18.1. The molecular weight excluding hydrogens is 775 g/mol. The van der Waals surface area contributed by atoms with E-state index in [2.05, 4.69) is 244 Å². The Morgan fingerprint density at radius 2 is 0.781 bits per heavy atom. The summed E-state index contributed by atoms with van der Waals surface area (Å²) in [7, 11) is 0. The van der Waals surface area contributed by atoms with Gasteiger partial charge in [0.2, 0.25) is 0 Å². The lowest BCUT2D eigenvalue weighted by molar-refractivity contribution is 0.660. The predicted octanol–water partition coefficient (Wildman–Crippen LogP) is 16.0. The molecule has 0 amide bonds. The van der Waals surface area contributed by atoms with E-state index in [9.17, 15) is 0 Å². The Morgan fingerprint density at radius 3 is 1.41 bits per heavy atom. The normalized spacial score (nSPS) is 13.6. The predicted molar refractivity (Wildman–Crippen MR) is 269 cm³/mol. The number of anilines is 4. The summed E-state index contributed by atoms with van der Waals surface area (Å²) in [6.45, 7) is 9.39. The number of hydrogen-bond acceptors (Lipinski definition) is 3. The summed E-state index contributed by atoms with van der Waals surface area (Å²) in [5.74, 6) is 0. The summed E-state index contributed by atoms with van der Waals surface area (Å²) >= 11 is 0. The van der Waals surface area contributed by atoms with Crippen molar-refractivity contribution in [3.8, 4) is 44.5 Å². The van der Waals surface area contributed by atoms with Gasteiger partial charge in [-0.25, -0.2) is 0 Å². The highest BCUT2D eigenvalue weighted by Gasteiger charge is 2.37.